The van der Waals surface area contributed by atoms with Gasteiger partial charge >= 0.3 is 5.97 Å². The molecule has 0 saturated carbocycles. The molecule has 4 aromatic carbocycles. The Bertz CT molecular complexity index is 4380. The van der Waals surface area contributed by atoms with E-state index in [0.29, 0.717) is 48.1 Å². The van der Waals surface area contributed by atoms with Crippen molar-refractivity contribution in [2.24, 2.45) is 0 Å². The van der Waals surface area contributed by atoms with E-state index in [0.717, 1.165) is 134 Å². The van der Waals surface area contributed by atoms with E-state index in [1.165, 1.54) is 21.5 Å². The van der Waals surface area contributed by atoms with Crippen molar-refractivity contribution in [3.8, 4) is 11.5 Å². The number of hydrogen-bond donors (Lipinski definition) is 1. The van der Waals surface area contributed by atoms with E-state index >= 15 is 0 Å². The molecular weight excluding hydrogens is 1150 g/mol. The number of Topliss-reactive ketones (excluding diaryl/α,β-unsaturated/α-hetero) is 1. The number of aromatic nitrogens is 4. The molecule has 0 spiro atoms. The Labute approximate surface area is 521 Å². The standard InChI is InChI=1S/C18H21NO2.C17H21NO2.C17H21NOS.C16H18N2O4.Y/c1-8-7-14(20)15-10(3)9(2)11(4)16-17(15)19(8)13(6)12(5)18(16)21;2*1-8-7-20-17-11(4)9(2)10(3)14-15(17)18(8)13(6)12(5)16(14)19;1-7-8(2)11-13-15(9(7)3)22-6-17(5)18(13)10(4)12(14(11)19)16(20)21;/h8H,7H2,1-6H3;2*8H,7H2,1-6H3;6H2,1-5H3,(H,20,21);/t;8-;;;/m.0.../s1. The van der Waals surface area contributed by atoms with E-state index in [2.05, 4.69) is 76.0 Å². The molecule has 2 unspecified atom stereocenters. The summed E-state index contributed by atoms with van der Waals surface area (Å²) in [5.41, 5.74) is 23.3. The van der Waals surface area contributed by atoms with Crippen LogP contribution < -0.4 is 36.2 Å². The van der Waals surface area contributed by atoms with Crippen LogP contribution in [0.3, 0.4) is 0 Å². The van der Waals surface area contributed by atoms with Crippen molar-refractivity contribution in [2.75, 3.05) is 31.1 Å². The van der Waals surface area contributed by atoms with Gasteiger partial charge in [0.1, 0.15) is 23.4 Å². The van der Waals surface area contributed by atoms with Crippen LogP contribution in [0.25, 0.3) is 43.6 Å². The van der Waals surface area contributed by atoms with Crippen LogP contribution in [0, 0.1) is 132 Å². The first kappa shape index (κ1) is 63.7. The van der Waals surface area contributed by atoms with Crippen LogP contribution in [0.1, 0.15) is 172 Å². The van der Waals surface area contributed by atoms with Crippen molar-refractivity contribution in [1.82, 2.24) is 18.4 Å². The molecule has 3 atom stereocenters. The Morgan fingerprint density at radius 3 is 1.35 bits per heavy atom. The van der Waals surface area contributed by atoms with Gasteiger partial charge in [0.15, 0.2) is 34.5 Å². The molecule has 441 valence electrons. The second-order valence-electron chi connectivity index (χ2n) is 24.1. The second kappa shape index (κ2) is 22.9. The minimum absolute atomic E-state index is 0. The van der Waals surface area contributed by atoms with E-state index in [1.807, 2.05) is 94.8 Å². The van der Waals surface area contributed by atoms with Crippen LogP contribution in [0.5, 0.6) is 11.5 Å². The number of thioether (sulfide) groups is 1. The molecule has 4 aromatic heterocycles. The number of carbonyl (C=O) groups is 2. The average molecular weight is 1230 g/mol. The third-order valence-electron chi connectivity index (χ3n) is 19.7. The second-order valence-corrected chi connectivity index (χ2v) is 25.1. The molecule has 1 radical (unpaired) electrons. The SMILES string of the molecule is Cc1c(C)c2c3c(c1C)c(=O)c(C(=O)O)c(C)n3N(C)CO2.Cc1c(C)c2c3c(c1C)c(=O)c(C)c(C)n3C(C)CC2=O.Cc1c(C)c2c3c(c1C)c(=O)c(C)c(C)n3C(C)CS2.Cc1c(C)c2c3c(c1C)c(=O)c(C)c(C)n3[C@@H](C)CO2.[Y]. The maximum Gasteiger partial charge on any atom is 0.341 e. The minimum Gasteiger partial charge on any atom is -0.489 e. The summed E-state index contributed by atoms with van der Waals surface area (Å²) in [5, 5.41) is 14.1. The molecule has 8 heterocycles. The zero-order chi connectivity index (χ0) is 61.5. The quantitative estimate of drug-likeness (QED) is 0.166. The maximum atomic E-state index is 12.8. The summed E-state index contributed by atoms with van der Waals surface area (Å²) in [7, 11) is 1.80. The van der Waals surface area contributed by atoms with Crippen LogP contribution in [0.2, 0.25) is 0 Å². The zero-order valence-corrected chi connectivity index (χ0v) is 57.2. The summed E-state index contributed by atoms with van der Waals surface area (Å²) >= 11 is 1.90. The fourth-order valence-corrected chi connectivity index (χ4v) is 14.8. The van der Waals surface area contributed by atoms with Gasteiger partial charge in [-0.05, 0) is 219 Å². The van der Waals surface area contributed by atoms with Crippen LogP contribution in [0.4, 0.5) is 0 Å². The molecule has 14 nitrogen and oxygen atoms in total. The van der Waals surface area contributed by atoms with Gasteiger partial charge in [-0.2, -0.15) is 0 Å². The number of rotatable bonds is 1. The van der Waals surface area contributed by atoms with Crippen molar-refractivity contribution in [2.45, 2.75) is 182 Å². The number of nitrogens with zero attached hydrogens (tertiary/aromatic N) is 5. The Hall–Kier alpha value is -6.29. The van der Waals surface area contributed by atoms with Gasteiger partial charge in [0.25, 0.3) is 0 Å². The fourth-order valence-electron chi connectivity index (χ4n) is 13.6. The predicted molar refractivity (Wildman–Crippen MR) is 339 cm³/mol. The smallest absolute Gasteiger partial charge is 0.341 e. The first-order valence-electron chi connectivity index (χ1n) is 28.8. The molecule has 0 bridgehead atoms. The largest absolute Gasteiger partial charge is 0.489 e. The molecule has 0 fully saturated rings. The number of pyridine rings is 4. The Morgan fingerprint density at radius 2 is 0.857 bits per heavy atom. The number of benzene rings is 4. The third kappa shape index (κ3) is 9.34. The molecule has 8 aromatic rings. The molecule has 0 aliphatic carbocycles. The summed E-state index contributed by atoms with van der Waals surface area (Å²) < 4.78 is 20.4. The van der Waals surface area contributed by atoms with Gasteiger partial charge in [-0.15, -0.1) is 11.8 Å². The van der Waals surface area contributed by atoms with E-state index in [1.54, 1.807) is 23.7 Å². The summed E-state index contributed by atoms with van der Waals surface area (Å²) in [6.45, 7) is 45.3. The van der Waals surface area contributed by atoms with Crippen molar-refractivity contribution < 1.29 is 56.9 Å². The number of carboxylic acids is 1. The number of ether oxygens (including phenoxy) is 2. The number of carbonyl (C=O) groups excluding carboxylic acids is 1. The van der Waals surface area contributed by atoms with E-state index in [4.69, 9.17) is 9.47 Å². The Morgan fingerprint density at radius 1 is 0.452 bits per heavy atom. The number of hydrogen-bond acceptors (Lipinski definition) is 10. The topological polar surface area (TPSA) is 164 Å². The van der Waals surface area contributed by atoms with Gasteiger partial charge in [0, 0.05) is 114 Å². The molecular formula is C68H81N5O9SY. The zero-order valence-electron chi connectivity index (χ0n) is 53.5. The van der Waals surface area contributed by atoms with Gasteiger partial charge in [0.2, 0.25) is 5.43 Å². The van der Waals surface area contributed by atoms with Crippen molar-refractivity contribution >= 4 is 67.1 Å². The molecule has 4 aliphatic rings. The van der Waals surface area contributed by atoms with Crippen LogP contribution >= 0.6 is 11.8 Å². The normalized spacial score (nSPS) is 16.3. The molecule has 1 N–H and O–H groups in total. The van der Waals surface area contributed by atoms with Gasteiger partial charge in [-0.3, -0.25) is 33.7 Å². The van der Waals surface area contributed by atoms with Gasteiger partial charge in [-0.25, -0.2) is 4.79 Å². The third-order valence-corrected chi connectivity index (χ3v) is 21.1. The molecule has 0 saturated heterocycles. The molecule has 4 aliphatic heterocycles. The average Bonchev–Trinajstić information content (AvgIpc) is 0.829. The van der Waals surface area contributed by atoms with E-state index in [-0.39, 0.29) is 72.4 Å². The first-order valence-corrected chi connectivity index (χ1v) is 29.7. The van der Waals surface area contributed by atoms with Crippen LogP contribution in [-0.4, -0.2) is 61.4 Å². The first-order chi connectivity index (χ1) is 38.8. The maximum absolute atomic E-state index is 12.8. The van der Waals surface area contributed by atoms with E-state index in [9.17, 15) is 33.9 Å². The Kier molecular flexibility index (Phi) is 17.3. The molecule has 84 heavy (non-hydrogen) atoms. The van der Waals surface area contributed by atoms with Gasteiger partial charge in [0.05, 0.1) is 44.4 Å². The number of aryl methyl sites for hydroxylation is 4. The van der Waals surface area contributed by atoms with Crippen LogP contribution in [-0.2, 0) is 32.7 Å². The van der Waals surface area contributed by atoms with Crippen LogP contribution in [0.15, 0.2) is 24.1 Å². The van der Waals surface area contributed by atoms with Gasteiger partial charge in [-0.1, -0.05) is 0 Å². The summed E-state index contributed by atoms with van der Waals surface area (Å²) in [6.07, 6.45) is 0.509. The number of ketones is 1. The molecule has 0 amide bonds. The monoisotopic (exact) mass is 1230 g/mol. The fraction of sp³-hybridized carbons (Fsp3) is 0.441. The van der Waals surface area contributed by atoms with Crippen molar-refractivity contribution in [3.05, 3.63) is 158 Å². The molecule has 16 heteroatoms. The predicted octanol–water partition coefficient (Wildman–Crippen LogP) is 13.2. The summed E-state index contributed by atoms with van der Waals surface area (Å²) in [4.78, 5) is 76.4. The van der Waals surface area contributed by atoms with Gasteiger partial charge < -0.3 is 28.3 Å². The number of carboxylic acid groups (broad SMARTS) is 1. The molecule has 12 rings (SSSR count). The van der Waals surface area contributed by atoms with E-state index < -0.39 is 11.4 Å². The summed E-state index contributed by atoms with van der Waals surface area (Å²) in [6, 6.07) is 0.801. The Balaban J connectivity index is 0.000000146. The van der Waals surface area contributed by atoms with Crippen molar-refractivity contribution in [1.29, 1.82) is 0 Å². The summed E-state index contributed by atoms with van der Waals surface area (Å²) in [5.74, 6) is 1.59. The minimum atomic E-state index is -1.20. The number of aromatic carboxylic acids is 1. The van der Waals surface area contributed by atoms with Crippen molar-refractivity contribution in [3.63, 3.8) is 0 Å².